The van der Waals surface area contributed by atoms with Crippen molar-refractivity contribution in [2.75, 3.05) is 6.54 Å². The SMILES string of the molecule is O=C(O)CCCCCCNC(=O)C1(c2ccc(F)cc2)CCCC1. The van der Waals surface area contributed by atoms with Gasteiger partial charge in [0.05, 0.1) is 5.41 Å². The highest BCUT2D eigenvalue weighted by atomic mass is 19.1. The van der Waals surface area contributed by atoms with E-state index in [2.05, 4.69) is 5.32 Å². The van der Waals surface area contributed by atoms with E-state index in [1.807, 2.05) is 0 Å². The van der Waals surface area contributed by atoms with Gasteiger partial charge in [-0.25, -0.2) is 4.39 Å². The number of aliphatic carboxylic acids is 1. The molecule has 1 fully saturated rings. The number of unbranched alkanes of at least 4 members (excludes halogenated alkanes) is 3. The van der Waals surface area contributed by atoms with Gasteiger partial charge in [-0.2, -0.15) is 0 Å². The molecule has 5 heteroatoms. The molecule has 1 amide bonds. The first-order valence-corrected chi connectivity index (χ1v) is 8.81. The number of amides is 1. The largest absolute Gasteiger partial charge is 0.481 e. The van der Waals surface area contributed by atoms with E-state index in [1.165, 1.54) is 12.1 Å². The Bertz CT molecular complexity index is 550. The molecular weight excluding hydrogens is 309 g/mol. The number of benzene rings is 1. The number of hydrogen-bond acceptors (Lipinski definition) is 2. The summed E-state index contributed by atoms with van der Waals surface area (Å²) in [6, 6.07) is 6.30. The van der Waals surface area contributed by atoms with Crippen molar-refractivity contribution in [3.63, 3.8) is 0 Å². The first-order valence-electron chi connectivity index (χ1n) is 8.81. The molecular formula is C19H26FNO3. The van der Waals surface area contributed by atoms with E-state index in [9.17, 15) is 14.0 Å². The first-order chi connectivity index (χ1) is 11.5. The van der Waals surface area contributed by atoms with Crippen LogP contribution in [0, 0.1) is 5.82 Å². The number of halogens is 1. The van der Waals surface area contributed by atoms with Crippen LogP contribution < -0.4 is 5.32 Å². The molecule has 2 N–H and O–H groups in total. The van der Waals surface area contributed by atoms with E-state index in [0.717, 1.165) is 50.5 Å². The van der Waals surface area contributed by atoms with Crippen LogP contribution in [0.3, 0.4) is 0 Å². The molecule has 0 unspecified atom stereocenters. The molecule has 0 aliphatic heterocycles. The smallest absolute Gasteiger partial charge is 0.303 e. The summed E-state index contributed by atoms with van der Waals surface area (Å²) in [5.41, 5.74) is 0.386. The summed E-state index contributed by atoms with van der Waals surface area (Å²) < 4.78 is 13.2. The lowest BCUT2D eigenvalue weighted by Crippen LogP contribution is -2.43. The van der Waals surface area contributed by atoms with Crippen LogP contribution in [0.15, 0.2) is 24.3 Å². The molecule has 0 bridgehead atoms. The maximum absolute atomic E-state index is 13.2. The predicted molar refractivity (Wildman–Crippen MR) is 90.3 cm³/mol. The Balaban J connectivity index is 1.82. The third kappa shape index (κ3) is 4.79. The van der Waals surface area contributed by atoms with Gasteiger partial charge in [0.1, 0.15) is 5.82 Å². The Kier molecular flexibility index (Phi) is 6.76. The molecule has 1 aliphatic rings. The Labute approximate surface area is 142 Å². The maximum atomic E-state index is 13.2. The molecule has 2 rings (SSSR count). The second kappa shape index (κ2) is 8.81. The summed E-state index contributed by atoms with van der Waals surface area (Å²) in [7, 11) is 0. The normalized spacial score (nSPS) is 16.0. The lowest BCUT2D eigenvalue weighted by atomic mass is 9.78. The standard InChI is InChI=1S/C19H26FNO3/c20-16-10-8-15(9-11-16)19(12-4-5-13-19)18(24)21-14-6-2-1-3-7-17(22)23/h8-11H,1-7,12-14H2,(H,21,24)(H,22,23). The fourth-order valence-electron chi connectivity index (χ4n) is 3.52. The summed E-state index contributed by atoms with van der Waals surface area (Å²) in [5, 5.41) is 11.6. The van der Waals surface area contributed by atoms with E-state index in [-0.39, 0.29) is 18.1 Å². The van der Waals surface area contributed by atoms with Gasteiger partial charge >= 0.3 is 5.97 Å². The fourth-order valence-corrected chi connectivity index (χ4v) is 3.52. The van der Waals surface area contributed by atoms with Gasteiger partial charge in [0.15, 0.2) is 0 Å². The molecule has 24 heavy (non-hydrogen) atoms. The van der Waals surface area contributed by atoms with Crippen LogP contribution >= 0.6 is 0 Å². The first kappa shape index (κ1) is 18.4. The van der Waals surface area contributed by atoms with Crippen molar-refractivity contribution in [1.82, 2.24) is 5.32 Å². The maximum Gasteiger partial charge on any atom is 0.303 e. The quantitative estimate of drug-likeness (QED) is 0.675. The molecule has 1 aromatic carbocycles. The predicted octanol–water partition coefficient (Wildman–Crippen LogP) is 3.79. The Morgan fingerprint density at radius 2 is 1.67 bits per heavy atom. The highest BCUT2D eigenvalue weighted by Crippen LogP contribution is 2.41. The molecule has 0 atom stereocenters. The summed E-state index contributed by atoms with van der Waals surface area (Å²) in [5.74, 6) is -1.00. The minimum absolute atomic E-state index is 0.0390. The van der Waals surface area contributed by atoms with Gasteiger partial charge in [0.25, 0.3) is 0 Å². The zero-order chi connectivity index (χ0) is 17.4. The summed E-state index contributed by atoms with van der Waals surface area (Å²) >= 11 is 0. The van der Waals surface area contributed by atoms with Gasteiger partial charge in [-0.3, -0.25) is 9.59 Å². The van der Waals surface area contributed by atoms with Gasteiger partial charge in [0, 0.05) is 13.0 Å². The molecule has 0 saturated heterocycles. The highest BCUT2D eigenvalue weighted by Gasteiger charge is 2.42. The number of carbonyl (C=O) groups is 2. The van der Waals surface area contributed by atoms with E-state index in [4.69, 9.17) is 5.11 Å². The molecule has 0 aromatic heterocycles. The van der Waals surface area contributed by atoms with E-state index in [1.54, 1.807) is 12.1 Å². The number of carbonyl (C=O) groups excluding carboxylic acids is 1. The third-order valence-electron chi connectivity index (χ3n) is 4.89. The highest BCUT2D eigenvalue weighted by molar-refractivity contribution is 5.88. The van der Waals surface area contributed by atoms with E-state index in [0.29, 0.717) is 13.0 Å². The Hall–Kier alpha value is -1.91. The van der Waals surface area contributed by atoms with Gasteiger partial charge in [0.2, 0.25) is 5.91 Å². The summed E-state index contributed by atoms with van der Waals surface area (Å²) in [4.78, 5) is 23.2. The summed E-state index contributed by atoms with van der Waals surface area (Å²) in [6.07, 6.45) is 7.17. The second-order valence-corrected chi connectivity index (χ2v) is 6.61. The van der Waals surface area contributed by atoms with Gasteiger partial charge in [-0.05, 0) is 43.4 Å². The van der Waals surface area contributed by atoms with Crippen molar-refractivity contribution < 1.29 is 19.1 Å². The average molecular weight is 335 g/mol. The molecule has 1 saturated carbocycles. The number of hydrogen-bond donors (Lipinski definition) is 2. The molecule has 132 valence electrons. The lowest BCUT2D eigenvalue weighted by Gasteiger charge is -2.28. The van der Waals surface area contributed by atoms with Crippen molar-refractivity contribution in [2.24, 2.45) is 0 Å². The van der Waals surface area contributed by atoms with Crippen LogP contribution in [-0.2, 0) is 15.0 Å². The van der Waals surface area contributed by atoms with Gasteiger partial charge in [-0.15, -0.1) is 0 Å². The Morgan fingerprint density at radius 3 is 2.29 bits per heavy atom. The van der Waals surface area contributed by atoms with E-state index < -0.39 is 11.4 Å². The van der Waals surface area contributed by atoms with Crippen LogP contribution in [0.1, 0.15) is 63.4 Å². The van der Waals surface area contributed by atoms with Crippen LogP contribution in [0.4, 0.5) is 4.39 Å². The van der Waals surface area contributed by atoms with Crippen molar-refractivity contribution in [3.8, 4) is 0 Å². The third-order valence-corrected chi connectivity index (χ3v) is 4.89. The number of carboxylic acids is 1. The van der Waals surface area contributed by atoms with Crippen molar-refractivity contribution >= 4 is 11.9 Å². The lowest BCUT2D eigenvalue weighted by molar-refractivity contribution is -0.137. The average Bonchev–Trinajstić information content (AvgIpc) is 3.05. The van der Waals surface area contributed by atoms with Gasteiger partial charge in [-0.1, -0.05) is 37.8 Å². The number of rotatable bonds is 9. The topological polar surface area (TPSA) is 66.4 Å². The fraction of sp³-hybridized carbons (Fsp3) is 0.579. The van der Waals surface area contributed by atoms with Crippen molar-refractivity contribution in [3.05, 3.63) is 35.6 Å². The second-order valence-electron chi connectivity index (χ2n) is 6.61. The minimum Gasteiger partial charge on any atom is -0.481 e. The molecule has 1 aromatic rings. The van der Waals surface area contributed by atoms with E-state index >= 15 is 0 Å². The van der Waals surface area contributed by atoms with Crippen molar-refractivity contribution in [2.45, 2.75) is 63.2 Å². The van der Waals surface area contributed by atoms with Crippen LogP contribution in [0.5, 0.6) is 0 Å². The Morgan fingerprint density at radius 1 is 1.04 bits per heavy atom. The number of nitrogens with one attached hydrogen (secondary N) is 1. The summed E-state index contributed by atoms with van der Waals surface area (Å²) in [6.45, 7) is 0.606. The molecule has 1 aliphatic carbocycles. The zero-order valence-electron chi connectivity index (χ0n) is 14.0. The van der Waals surface area contributed by atoms with Gasteiger partial charge < -0.3 is 10.4 Å². The molecule has 0 heterocycles. The monoisotopic (exact) mass is 335 g/mol. The minimum atomic E-state index is -0.759. The molecule has 4 nitrogen and oxygen atoms in total. The van der Waals surface area contributed by atoms with Crippen LogP contribution in [0.25, 0.3) is 0 Å². The molecule has 0 radical (unpaired) electrons. The zero-order valence-corrected chi connectivity index (χ0v) is 14.0. The van der Waals surface area contributed by atoms with Crippen LogP contribution in [-0.4, -0.2) is 23.5 Å². The number of carboxylic acid groups (broad SMARTS) is 1. The molecule has 0 spiro atoms. The van der Waals surface area contributed by atoms with Crippen LogP contribution in [0.2, 0.25) is 0 Å². The van der Waals surface area contributed by atoms with Crippen molar-refractivity contribution in [1.29, 1.82) is 0 Å².